The lowest BCUT2D eigenvalue weighted by atomic mass is 10.1. The lowest BCUT2D eigenvalue weighted by Crippen LogP contribution is -2.02. The highest BCUT2D eigenvalue weighted by molar-refractivity contribution is 6.31. The second-order valence-corrected chi connectivity index (χ2v) is 4.44. The maximum absolute atomic E-state index is 13.1. The van der Waals surface area contributed by atoms with Crippen molar-refractivity contribution in [2.24, 2.45) is 5.73 Å². The van der Waals surface area contributed by atoms with Crippen LogP contribution in [0, 0.1) is 5.82 Å². The molecule has 0 saturated heterocycles. The molecule has 0 aliphatic heterocycles. The quantitative estimate of drug-likeness (QED) is 0.929. The Labute approximate surface area is 116 Å². The number of aromatic nitrogens is 1. The molecule has 0 aliphatic rings. The van der Waals surface area contributed by atoms with Gasteiger partial charge < -0.3 is 10.5 Å². The topological polar surface area (TPSA) is 48.1 Å². The minimum absolute atomic E-state index is 0.161. The SMILES string of the molecule is CCc1cc(Oc2ncc(F)cc2CN)ccc1Cl. The number of nitrogens with two attached hydrogens (primary N) is 1. The summed E-state index contributed by atoms with van der Waals surface area (Å²) >= 11 is 6.04. The molecule has 2 rings (SSSR count). The molecule has 0 bridgehead atoms. The van der Waals surface area contributed by atoms with Gasteiger partial charge in [-0.1, -0.05) is 18.5 Å². The Kier molecular flexibility index (Phi) is 4.35. The molecular weight excluding hydrogens is 267 g/mol. The second-order valence-electron chi connectivity index (χ2n) is 4.03. The molecule has 2 aromatic rings. The fourth-order valence-electron chi connectivity index (χ4n) is 1.70. The summed E-state index contributed by atoms with van der Waals surface area (Å²) in [7, 11) is 0. The van der Waals surface area contributed by atoms with Crippen LogP contribution in [0.15, 0.2) is 30.5 Å². The number of pyridine rings is 1. The number of ether oxygens (including phenoxy) is 1. The van der Waals surface area contributed by atoms with E-state index in [4.69, 9.17) is 22.1 Å². The molecule has 3 nitrogen and oxygen atoms in total. The summed E-state index contributed by atoms with van der Waals surface area (Å²) in [4.78, 5) is 3.91. The Hall–Kier alpha value is -1.65. The molecule has 1 aromatic heterocycles. The van der Waals surface area contributed by atoms with Gasteiger partial charge in [0.05, 0.1) is 6.20 Å². The summed E-state index contributed by atoms with van der Waals surface area (Å²) in [5.41, 5.74) is 7.05. The number of hydrogen-bond donors (Lipinski definition) is 1. The van der Waals surface area contributed by atoms with Crippen molar-refractivity contribution in [3.8, 4) is 11.6 Å². The first-order valence-corrected chi connectivity index (χ1v) is 6.32. The number of rotatable bonds is 4. The van der Waals surface area contributed by atoms with Gasteiger partial charge >= 0.3 is 0 Å². The van der Waals surface area contributed by atoms with Crippen molar-refractivity contribution < 1.29 is 9.13 Å². The molecule has 0 fully saturated rings. The predicted octanol–water partition coefficient (Wildman–Crippen LogP) is 3.69. The van der Waals surface area contributed by atoms with Gasteiger partial charge in [0.1, 0.15) is 11.6 Å². The average Bonchev–Trinajstić information content (AvgIpc) is 2.42. The standard InChI is InChI=1S/C14H14ClFN2O/c1-2-9-6-12(3-4-13(9)15)19-14-10(7-17)5-11(16)8-18-14/h3-6,8H,2,7,17H2,1H3. The van der Waals surface area contributed by atoms with Gasteiger partial charge in [0.2, 0.25) is 5.88 Å². The Morgan fingerprint density at radius 1 is 1.32 bits per heavy atom. The van der Waals surface area contributed by atoms with Crippen LogP contribution in [-0.4, -0.2) is 4.98 Å². The van der Waals surface area contributed by atoms with Gasteiger partial charge in [0, 0.05) is 17.1 Å². The van der Waals surface area contributed by atoms with E-state index in [2.05, 4.69) is 4.98 Å². The monoisotopic (exact) mass is 280 g/mol. The van der Waals surface area contributed by atoms with E-state index < -0.39 is 5.82 Å². The highest BCUT2D eigenvalue weighted by Gasteiger charge is 2.08. The van der Waals surface area contributed by atoms with Gasteiger partial charge in [0.25, 0.3) is 0 Å². The molecule has 0 spiro atoms. The third-order valence-corrected chi connectivity index (χ3v) is 3.09. The zero-order valence-corrected chi connectivity index (χ0v) is 11.2. The van der Waals surface area contributed by atoms with Crippen LogP contribution >= 0.6 is 11.6 Å². The molecule has 100 valence electrons. The zero-order chi connectivity index (χ0) is 13.8. The first-order valence-electron chi connectivity index (χ1n) is 5.94. The molecule has 2 N–H and O–H groups in total. The van der Waals surface area contributed by atoms with Gasteiger partial charge in [-0.3, -0.25) is 0 Å². The average molecular weight is 281 g/mol. The lowest BCUT2D eigenvalue weighted by molar-refractivity contribution is 0.451. The smallest absolute Gasteiger partial charge is 0.223 e. The van der Waals surface area contributed by atoms with Crippen molar-refractivity contribution in [3.63, 3.8) is 0 Å². The van der Waals surface area contributed by atoms with Gasteiger partial charge in [-0.15, -0.1) is 0 Å². The molecule has 0 saturated carbocycles. The van der Waals surface area contributed by atoms with Gasteiger partial charge in [-0.2, -0.15) is 0 Å². The number of benzene rings is 1. The van der Waals surface area contributed by atoms with E-state index in [-0.39, 0.29) is 6.54 Å². The van der Waals surface area contributed by atoms with E-state index >= 15 is 0 Å². The van der Waals surface area contributed by atoms with Crippen molar-refractivity contribution in [2.75, 3.05) is 0 Å². The van der Waals surface area contributed by atoms with Gasteiger partial charge in [-0.25, -0.2) is 9.37 Å². The first kappa shape index (κ1) is 13.8. The third kappa shape index (κ3) is 3.22. The van der Waals surface area contributed by atoms with Crippen LogP contribution in [0.4, 0.5) is 4.39 Å². The summed E-state index contributed by atoms with van der Waals surface area (Å²) < 4.78 is 18.7. The van der Waals surface area contributed by atoms with E-state index in [1.807, 2.05) is 13.0 Å². The largest absolute Gasteiger partial charge is 0.439 e. The number of nitrogens with zero attached hydrogens (tertiary/aromatic N) is 1. The van der Waals surface area contributed by atoms with E-state index in [0.29, 0.717) is 22.2 Å². The van der Waals surface area contributed by atoms with Crippen LogP contribution in [0.3, 0.4) is 0 Å². The Bertz CT molecular complexity index is 590. The van der Waals surface area contributed by atoms with Crippen LogP contribution in [0.1, 0.15) is 18.1 Å². The summed E-state index contributed by atoms with van der Waals surface area (Å²) in [5, 5.41) is 0.695. The molecule has 0 amide bonds. The third-order valence-electron chi connectivity index (χ3n) is 2.72. The van der Waals surface area contributed by atoms with Gasteiger partial charge in [-0.05, 0) is 36.2 Å². The predicted molar refractivity (Wildman–Crippen MR) is 73.0 cm³/mol. The van der Waals surface area contributed by atoms with E-state index in [1.165, 1.54) is 6.07 Å². The van der Waals surface area contributed by atoms with E-state index in [1.54, 1.807) is 12.1 Å². The second kappa shape index (κ2) is 5.99. The van der Waals surface area contributed by atoms with Crippen LogP contribution in [0.5, 0.6) is 11.6 Å². The van der Waals surface area contributed by atoms with Crippen molar-refractivity contribution in [2.45, 2.75) is 19.9 Å². The van der Waals surface area contributed by atoms with Crippen LogP contribution in [-0.2, 0) is 13.0 Å². The minimum Gasteiger partial charge on any atom is -0.439 e. The maximum atomic E-state index is 13.1. The van der Waals surface area contributed by atoms with Crippen LogP contribution in [0.2, 0.25) is 5.02 Å². The molecule has 5 heteroatoms. The summed E-state index contributed by atoms with van der Waals surface area (Å²) in [5.74, 6) is 0.487. The normalized spacial score (nSPS) is 10.5. The maximum Gasteiger partial charge on any atom is 0.223 e. The zero-order valence-electron chi connectivity index (χ0n) is 10.5. The highest BCUT2D eigenvalue weighted by atomic mass is 35.5. The van der Waals surface area contributed by atoms with Crippen LogP contribution < -0.4 is 10.5 Å². The lowest BCUT2D eigenvalue weighted by Gasteiger charge is -2.10. The molecule has 0 unspecified atom stereocenters. The molecule has 1 heterocycles. The number of halogens is 2. The fourth-order valence-corrected chi connectivity index (χ4v) is 1.96. The first-order chi connectivity index (χ1) is 9.13. The summed E-state index contributed by atoms with van der Waals surface area (Å²) in [6.07, 6.45) is 1.90. The molecule has 1 aromatic carbocycles. The fraction of sp³-hybridized carbons (Fsp3) is 0.214. The van der Waals surface area contributed by atoms with E-state index in [9.17, 15) is 4.39 Å². The summed E-state index contributed by atoms with van der Waals surface area (Å²) in [6, 6.07) is 6.67. The molecule has 19 heavy (non-hydrogen) atoms. The van der Waals surface area contributed by atoms with Gasteiger partial charge in [0.15, 0.2) is 0 Å². The number of aryl methyl sites for hydroxylation is 1. The van der Waals surface area contributed by atoms with Crippen molar-refractivity contribution in [3.05, 3.63) is 52.4 Å². The Balaban J connectivity index is 2.30. The van der Waals surface area contributed by atoms with Crippen molar-refractivity contribution >= 4 is 11.6 Å². The molecule has 0 atom stereocenters. The Morgan fingerprint density at radius 3 is 2.79 bits per heavy atom. The molecule has 0 radical (unpaired) electrons. The highest BCUT2D eigenvalue weighted by Crippen LogP contribution is 2.27. The van der Waals surface area contributed by atoms with Crippen molar-refractivity contribution in [1.29, 1.82) is 0 Å². The Morgan fingerprint density at radius 2 is 2.11 bits per heavy atom. The molecular formula is C14H14ClFN2O. The summed E-state index contributed by atoms with van der Waals surface area (Å²) in [6.45, 7) is 2.17. The van der Waals surface area contributed by atoms with Crippen molar-refractivity contribution in [1.82, 2.24) is 4.98 Å². The molecule has 0 aliphatic carbocycles. The van der Waals surface area contributed by atoms with Crippen LogP contribution in [0.25, 0.3) is 0 Å². The minimum atomic E-state index is -0.432. The number of hydrogen-bond acceptors (Lipinski definition) is 3. The van der Waals surface area contributed by atoms with E-state index in [0.717, 1.165) is 18.2 Å².